The molecule has 0 aromatic heterocycles. The molecule has 0 saturated carbocycles. The molecule has 108 valence electrons. The van der Waals surface area contributed by atoms with Crippen molar-refractivity contribution in [2.24, 2.45) is 5.73 Å². The summed E-state index contributed by atoms with van der Waals surface area (Å²) < 4.78 is 10.8. The van der Waals surface area contributed by atoms with Crippen molar-refractivity contribution in [2.75, 3.05) is 26.3 Å². The Morgan fingerprint density at radius 3 is 2.80 bits per heavy atom. The zero-order valence-electron chi connectivity index (χ0n) is 11.4. The molecule has 20 heavy (non-hydrogen) atoms. The Morgan fingerprint density at radius 2 is 2.20 bits per heavy atom. The molecule has 6 heteroatoms. The van der Waals surface area contributed by atoms with Gasteiger partial charge in [0.15, 0.2) is 0 Å². The summed E-state index contributed by atoms with van der Waals surface area (Å²) in [7, 11) is 0. The van der Waals surface area contributed by atoms with E-state index in [9.17, 15) is 4.79 Å². The van der Waals surface area contributed by atoms with Crippen molar-refractivity contribution in [3.8, 4) is 5.75 Å². The Bertz CT molecular complexity index is 490. The summed E-state index contributed by atoms with van der Waals surface area (Å²) in [5.74, 6) is 0.713. The molecule has 1 amide bonds. The third-order valence-electron chi connectivity index (χ3n) is 3.08. The zero-order valence-corrected chi connectivity index (χ0v) is 12.2. The van der Waals surface area contributed by atoms with E-state index < -0.39 is 0 Å². The first-order chi connectivity index (χ1) is 9.61. The van der Waals surface area contributed by atoms with Crippen LogP contribution >= 0.6 is 12.2 Å². The maximum Gasteiger partial charge on any atom is 0.254 e. The summed E-state index contributed by atoms with van der Waals surface area (Å²) in [6.07, 6.45) is -0.356. The number of carbonyl (C=O) groups is 1. The van der Waals surface area contributed by atoms with Gasteiger partial charge >= 0.3 is 0 Å². The summed E-state index contributed by atoms with van der Waals surface area (Å²) in [4.78, 5) is 14.4. The van der Waals surface area contributed by atoms with Crippen LogP contribution in [0.15, 0.2) is 24.3 Å². The normalized spacial score (nSPS) is 18.6. The third kappa shape index (κ3) is 3.46. The van der Waals surface area contributed by atoms with E-state index >= 15 is 0 Å². The largest absolute Gasteiger partial charge is 0.494 e. The average Bonchev–Trinajstić information content (AvgIpc) is 2.48. The van der Waals surface area contributed by atoms with E-state index in [1.807, 2.05) is 6.92 Å². The predicted molar refractivity (Wildman–Crippen MR) is 80.0 cm³/mol. The smallest absolute Gasteiger partial charge is 0.254 e. The van der Waals surface area contributed by atoms with E-state index in [-0.39, 0.29) is 17.0 Å². The van der Waals surface area contributed by atoms with Crippen molar-refractivity contribution in [3.05, 3.63) is 29.8 Å². The standard InChI is InChI=1S/C14H18N2O3S/c1-2-18-11-5-3-10(4-6-11)14(17)16-7-8-19-12(9-16)13(15)20/h3-6,12H,2,7-9H2,1H3,(H2,15,20). The van der Waals surface area contributed by atoms with Crippen molar-refractivity contribution >= 4 is 23.1 Å². The summed E-state index contributed by atoms with van der Waals surface area (Å²) in [5.41, 5.74) is 6.20. The van der Waals surface area contributed by atoms with Gasteiger partial charge in [0.05, 0.1) is 19.8 Å². The minimum absolute atomic E-state index is 0.0439. The van der Waals surface area contributed by atoms with Crippen LogP contribution in [0.4, 0.5) is 0 Å². The van der Waals surface area contributed by atoms with Crippen LogP contribution in [-0.2, 0) is 4.74 Å². The highest BCUT2D eigenvalue weighted by molar-refractivity contribution is 7.80. The first kappa shape index (κ1) is 14.7. The highest BCUT2D eigenvalue weighted by atomic mass is 32.1. The zero-order chi connectivity index (χ0) is 14.5. The van der Waals surface area contributed by atoms with E-state index in [4.69, 9.17) is 27.4 Å². The number of amides is 1. The molecule has 0 radical (unpaired) electrons. The van der Waals surface area contributed by atoms with Crippen LogP contribution in [0.5, 0.6) is 5.75 Å². The molecule has 0 spiro atoms. The number of hydrogen-bond acceptors (Lipinski definition) is 4. The van der Waals surface area contributed by atoms with Crippen LogP contribution in [0.3, 0.4) is 0 Å². The minimum atomic E-state index is -0.356. The van der Waals surface area contributed by atoms with Crippen molar-refractivity contribution in [1.29, 1.82) is 0 Å². The number of morpholine rings is 1. The van der Waals surface area contributed by atoms with E-state index in [0.29, 0.717) is 31.9 Å². The number of rotatable bonds is 4. The number of hydrogen-bond donors (Lipinski definition) is 1. The van der Waals surface area contributed by atoms with Gasteiger partial charge in [-0.25, -0.2) is 0 Å². The number of nitrogens with zero attached hydrogens (tertiary/aromatic N) is 1. The van der Waals surface area contributed by atoms with Gasteiger partial charge in [-0.05, 0) is 31.2 Å². The summed E-state index contributed by atoms with van der Waals surface area (Å²) in [6, 6.07) is 7.11. The number of nitrogens with two attached hydrogens (primary N) is 1. The first-order valence-corrected chi connectivity index (χ1v) is 6.95. The molecule has 1 atom stereocenters. The second kappa shape index (κ2) is 6.67. The van der Waals surface area contributed by atoms with Gasteiger partial charge in [0.1, 0.15) is 16.8 Å². The van der Waals surface area contributed by atoms with Crippen molar-refractivity contribution in [1.82, 2.24) is 4.90 Å². The minimum Gasteiger partial charge on any atom is -0.494 e. The van der Waals surface area contributed by atoms with Gasteiger partial charge in [0, 0.05) is 12.1 Å². The van der Waals surface area contributed by atoms with E-state index in [1.165, 1.54) is 0 Å². The molecular formula is C14H18N2O3S. The number of ether oxygens (including phenoxy) is 2. The lowest BCUT2D eigenvalue weighted by Crippen LogP contribution is -2.49. The molecule has 1 aromatic carbocycles. The number of thiocarbonyl (C=S) groups is 1. The summed E-state index contributed by atoms with van der Waals surface area (Å²) >= 11 is 4.92. The lowest BCUT2D eigenvalue weighted by molar-refractivity contribution is 0.00878. The van der Waals surface area contributed by atoms with Gasteiger partial charge in [0.25, 0.3) is 5.91 Å². The van der Waals surface area contributed by atoms with Gasteiger partial charge in [-0.2, -0.15) is 0 Å². The lowest BCUT2D eigenvalue weighted by Gasteiger charge is -2.32. The van der Waals surface area contributed by atoms with Crippen LogP contribution in [0.2, 0.25) is 0 Å². The van der Waals surface area contributed by atoms with Crippen LogP contribution in [0.25, 0.3) is 0 Å². The molecule has 1 fully saturated rings. The van der Waals surface area contributed by atoms with Gasteiger partial charge in [-0.3, -0.25) is 4.79 Å². The third-order valence-corrected chi connectivity index (χ3v) is 3.35. The Morgan fingerprint density at radius 1 is 1.50 bits per heavy atom. The molecule has 1 heterocycles. The second-order valence-electron chi connectivity index (χ2n) is 4.47. The van der Waals surface area contributed by atoms with Crippen LogP contribution in [-0.4, -0.2) is 48.2 Å². The Kier molecular flexibility index (Phi) is 4.92. The molecule has 1 saturated heterocycles. The topological polar surface area (TPSA) is 64.8 Å². The molecular weight excluding hydrogens is 276 g/mol. The predicted octanol–water partition coefficient (Wildman–Crippen LogP) is 1.21. The fourth-order valence-electron chi connectivity index (χ4n) is 2.05. The molecule has 5 nitrogen and oxygen atoms in total. The number of benzene rings is 1. The molecule has 2 rings (SSSR count). The van der Waals surface area contributed by atoms with Gasteiger partial charge in [0.2, 0.25) is 0 Å². The Labute approximate surface area is 123 Å². The number of carbonyl (C=O) groups excluding carboxylic acids is 1. The van der Waals surface area contributed by atoms with Gasteiger partial charge in [-0.15, -0.1) is 0 Å². The summed E-state index contributed by atoms with van der Waals surface area (Å²) in [6.45, 7) is 3.92. The van der Waals surface area contributed by atoms with Gasteiger partial charge in [-0.1, -0.05) is 12.2 Å². The second-order valence-corrected chi connectivity index (χ2v) is 4.94. The Balaban J connectivity index is 2.04. The quantitative estimate of drug-likeness (QED) is 0.846. The van der Waals surface area contributed by atoms with Crippen molar-refractivity contribution in [3.63, 3.8) is 0 Å². The van der Waals surface area contributed by atoms with Crippen molar-refractivity contribution in [2.45, 2.75) is 13.0 Å². The maximum atomic E-state index is 12.4. The van der Waals surface area contributed by atoms with Gasteiger partial charge < -0.3 is 20.1 Å². The van der Waals surface area contributed by atoms with Crippen LogP contribution in [0, 0.1) is 0 Å². The van der Waals surface area contributed by atoms with E-state index in [2.05, 4.69) is 0 Å². The molecule has 1 unspecified atom stereocenters. The SMILES string of the molecule is CCOc1ccc(C(=O)N2CCOC(C(N)=S)C2)cc1. The van der Waals surface area contributed by atoms with E-state index in [0.717, 1.165) is 5.75 Å². The summed E-state index contributed by atoms with van der Waals surface area (Å²) in [5, 5.41) is 0. The first-order valence-electron chi connectivity index (χ1n) is 6.55. The lowest BCUT2D eigenvalue weighted by atomic mass is 10.1. The van der Waals surface area contributed by atoms with E-state index in [1.54, 1.807) is 29.2 Å². The molecule has 1 aliphatic heterocycles. The molecule has 0 bridgehead atoms. The van der Waals surface area contributed by atoms with Crippen molar-refractivity contribution < 1.29 is 14.3 Å². The average molecular weight is 294 g/mol. The highest BCUT2D eigenvalue weighted by Crippen LogP contribution is 2.15. The van der Waals surface area contributed by atoms with Crippen LogP contribution < -0.4 is 10.5 Å². The molecule has 0 aliphatic carbocycles. The maximum absolute atomic E-state index is 12.4. The fraction of sp³-hybridized carbons (Fsp3) is 0.429. The molecule has 1 aromatic rings. The monoisotopic (exact) mass is 294 g/mol. The van der Waals surface area contributed by atoms with Crippen LogP contribution in [0.1, 0.15) is 17.3 Å². The molecule has 2 N–H and O–H groups in total. The highest BCUT2D eigenvalue weighted by Gasteiger charge is 2.26. The fourth-order valence-corrected chi connectivity index (χ4v) is 2.19. The molecule has 1 aliphatic rings. The Hall–Kier alpha value is -1.66.